The molecule has 0 atom stereocenters. The number of hydrogen-bond donors (Lipinski definition) is 1. The zero-order chi connectivity index (χ0) is 13.0. The minimum Gasteiger partial charge on any atom is -0.326 e. The molecule has 1 amide bonds. The smallest absolute Gasteiger partial charge is 0.224 e. The predicted octanol–water partition coefficient (Wildman–Crippen LogP) is 3.45. The first kappa shape index (κ1) is 12.1. The molecule has 1 N–H and O–H groups in total. The van der Waals surface area contributed by atoms with E-state index in [0.29, 0.717) is 12.0 Å². The summed E-state index contributed by atoms with van der Waals surface area (Å²) in [5, 5.41) is 13.7. The average Bonchev–Trinajstić information content (AvgIpc) is 2.39. The number of carbonyl (C=O) groups excluding carboxylic acids is 1. The molecule has 0 aliphatic heterocycles. The molecule has 0 saturated carbocycles. The molecule has 0 aromatic heterocycles. The molecule has 0 heterocycles. The van der Waals surface area contributed by atoms with Crippen LogP contribution in [0.15, 0.2) is 36.4 Å². The minimum atomic E-state index is 0.00682. The molecule has 2 aromatic carbocycles. The standard InChI is InChI=1S/C15H14N2O/c1-2-5-15(18)17-14-9-8-11(10-16)12-6-3-4-7-13(12)14/h3-4,6-9H,2,5H2,1H3,(H,17,18). The third-order valence-corrected chi connectivity index (χ3v) is 2.80. The van der Waals surface area contributed by atoms with Crippen molar-refractivity contribution in [1.29, 1.82) is 5.26 Å². The maximum absolute atomic E-state index is 11.6. The van der Waals surface area contributed by atoms with Gasteiger partial charge in [0.25, 0.3) is 0 Å². The summed E-state index contributed by atoms with van der Waals surface area (Å²) in [6.45, 7) is 1.97. The normalized spacial score (nSPS) is 10.0. The molecule has 2 aromatic rings. The van der Waals surface area contributed by atoms with E-state index in [2.05, 4.69) is 11.4 Å². The molecule has 3 heteroatoms. The first-order valence-corrected chi connectivity index (χ1v) is 5.98. The first-order valence-electron chi connectivity index (χ1n) is 5.98. The van der Waals surface area contributed by atoms with Crippen LogP contribution in [0.3, 0.4) is 0 Å². The van der Waals surface area contributed by atoms with E-state index < -0.39 is 0 Å². The molecule has 0 fully saturated rings. The number of rotatable bonds is 3. The molecule has 0 unspecified atom stereocenters. The van der Waals surface area contributed by atoms with Crippen molar-refractivity contribution in [2.24, 2.45) is 0 Å². The number of nitrogens with one attached hydrogen (secondary N) is 1. The van der Waals surface area contributed by atoms with Crippen LogP contribution in [0.1, 0.15) is 25.3 Å². The lowest BCUT2D eigenvalue weighted by atomic mass is 10.0. The number of anilines is 1. The van der Waals surface area contributed by atoms with E-state index in [1.165, 1.54) is 0 Å². The number of fused-ring (bicyclic) bond motifs is 1. The van der Waals surface area contributed by atoms with Gasteiger partial charge >= 0.3 is 0 Å². The quantitative estimate of drug-likeness (QED) is 0.890. The van der Waals surface area contributed by atoms with Gasteiger partial charge in [-0.1, -0.05) is 31.2 Å². The predicted molar refractivity (Wildman–Crippen MR) is 72.2 cm³/mol. The van der Waals surface area contributed by atoms with Gasteiger partial charge in [0, 0.05) is 22.9 Å². The molecule has 0 spiro atoms. The topological polar surface area (TPSA) is 52.9 Å². The fraction of sp³-hybridized carbons (Fsp3) is 0.200. The van der Waals surface area contributed by atoms with Gasteiger partial charge in [-0.25, -0.2) is 0 Å². The molecule has 3 nitrogen and oxygen atoms in total. The molecule has 0 aliphatic rings. The van der Waals surface area contributed by atoms with E-state index in [1.807, 2.05) is 31.2 Å². The summed E-state index contributed by atoms with van der Waals surface area (Å²) in [7, 11) is 0. The number of amides is 1. The number of carbonyl (C=O) groups is 1. The highest BCUT2D eigenvalue weighted by Gasteiger charge is 2.07. The van der Waals surface area contributed by atoms with E-state index in [9.17, 15) is 4.79 Å². The molecule has 0 radical (unpaired) electrons. The summed E-state index contributed by atoms with van der Waals surface area (Å²) in [6, 6.07) is 13.3. The molecule has 90 valence electrons. The van der Waals surface area contributed by atoms with Gasteiger partial charge in [0.2, 0.25) is 5.91 Å². The van der Waals surface area contributed by atoms with Crippen LogP contribution in [-0.2, 0) is 4.79 Å². The highest BCUT2D eigenvalue weighted by atomic mass is 16.1. The first-order chi connectivity index (χ1) is 8.76. The highest BCUT2D eigenvalue weighted by molar-refractivity contribution is 6.03. The van der Waals surface area contributed by atoms with Crippen molar-refractivity contribution in [1.82, 2.24) is 0 Å². The number of benzene rings is 2. The summed E-state index contributed by atoms with van der Waals surface area (Å²) in [6.07, 6.45) is 1.33. The molecule has 0 saturated heterocycles. The third kappa shape index (κ3) is 2.33. The fourth-order valence-electron chi connectivity index (χ4n) is 1.95. The minimum absolute atomic E-state index is 0.00682. The van der Waals surface area contributed by atoms with Gasteiger partial charge in [-0.15, -0.1) is 0 Å². The Morgan fingerprint density at radius 3 is 2.61 bits per heavy atom. The Hall–Kier alpha value is -2.34. The van der Waals surface area contributed by atoms with Crippen LogP contribution in [-0.4, -0.2) is 5.91 Å². The van der Waals surface area contributed by atoms with E-state index in [0.717, 1.165) is 22.9 Å². The van der Waals surface area contributed by atoms with Crippen molar-refractivity contribution >= 4 is 22.4 Å². The Morgan fingerprint density at radius 2 is 1.94 bits per heavy atom. The van der Waals surface area contributed by atoms with Crippen molar-refractivity contribution in [2.75, 3.05) is 5.32 Å². The summed E-state index contributed by atoms with van der Waals surface area (Å²) >= 11 is 0. The van der Waals surface area contributed by atoms with Crippen LogP contribution >= 0.6 is 0 Å². The number of nitriles is 1. The second kappa shape index (κ2) is 5.33. The molecule has 18 heavy (non-hydrogen) atoms. The van der Waals surface area contributed by atoms with Gasteiger partial charge in [-0.3, -0.25) is 4.79 Å². The lowest BCUT2D eigenvalue weighted by Gasteiger charge is -2.09. The van der Waals surface area contributed by atoms with Crippen molar-refractivity contribution in [3.63, 3.8) is 0 Å². The van der Waals surface area contributed by atoms with Crippen molar-refractivity contribution in [3.05, 3.63) is 42.0 Å². The van der Waals surface area contributed by atoms with Gasteiger partial charge in [0.05, 0.1) is 11.6 Å². The summed E-state index contributed by atoms with van der Waals surface area (Å²) < 4.78 is 0. The Bertz CT molecular complexity index is 626. The number of hydrogen-bond acceptors (Lipinski definition) is 2. The Balaban J connectivity index is 2.47. The van der Waals surface area contributed by atoms with Gasteiger partial charge in [0.15, 0.2) is 0 Å². The summed E-state index contributed by atoms with van der Waals surface area (Å²) in [5.74, 6) is 0.00682. The van der Waals surface area contributed by atoms with Crippen LogP contribution in [0.25, 0.3) is 10.8 Å². The lowest BCUT2D eigenvalue weighted by Crippen LogP contribution is -2.10. The van der Waals surface area contributed by atoms with Crippen LogP contribution in [0, 0.1) is 11.3 Å². The second-order valence-electron chi connectivity index (χ2n) is 4.12. The van der Waals surface area contributed by atoms with Crippen LogP contribution in [0.2, 0.25) is 0 Å². The Morgan fingerprint density at radius 1 is 1.22 bits per heavy atom. The maximum Gasteiger partial charge on any atom is 0.224 e. The van der Waals surface area contributed by atoms with Gasteiger partial charge in [-0.2, -0.15) is 5.26 Å². The monoisotopic (exact) mass is 238 g/mol. The van der Waals surface area contributed by atoms with Crippen LogP contribution < -0.4 is 5.32 Å². The largest absolute Gasteiger partial charge is 0.326 e. The zero-order valence-electron chi connectivity index (χ0n) is 10.2. The molecule has 0 bridgehead atoms. The zero-order valence-corrected chi connectivity index (χ0v) is 10.2. The SMILES string of the molecule is CCCC(=O)Nc1ccc(C#N)c2ccccc12. The molecule has 2 rings (SSSR count). The van der Waals surface area contributed by atoms with E-state index in [1.54, 1.807) is 12.1 Å². The maximum atomic E-state index is 11.6. The summed E-state index contributed by atoms with van der Waals surface area (Å²) in [4.78, 5) is 11.6. The Kier molecular flexibility index (Phi) is 3.59. The van der Waals surface area contributed by atoms with Gasteiger partial charge in [-0.05, 0) is 18.6 Å². The van der Waals surface area contributed by atoms with Crippen LogP contribution in [0.5, 0.6) is 0 Å². The van der Waals surface area contributed by atoms with Crippen LogP contribution in [0.4, 0.5) is 5.69 Å². The van der Waals surface area contributed by atoms with Crippen molar-refractivity contribution < 1.29 is 4.79 Å². The second-order valence-corrected chi connectivity index (χ2v) is 4.12. The number of nitrogens with zero attached hydrogens (tertiary/aromatic N) is 1. The molecular formula is C15H14N2O. The third-order valence-electron chi connectivity index (χ3n) is 2.80. The summed E-state index contributed by atoms with van der Waals surface area (Å²) in [5.41, 5.74) is 1.39. The van der Waals surface area contributed by atoms with E-state index in [-0.39, 0.29) is 5.91 Å². The van der Waals surface area contributed by atoms with E-state index in [4.69, 9.17) is 5.26 Å². The molecule has 0 aliphatic carbocycles. The molecular weight excluding hydrogens is 224 g/mol. The van der Waals surface area contributed by atoms with Crippen molar-refractivity contribution in [2.45, 2.75) is 19.8 Å². The highest BCUT2D eigenvalue weighted by Crippen LogP contribution is 2.26. The lowest BCUT2D eigenvalue weighted by molar-refractivity contribution is -0.116. The van der Waals surface area contributed by atoms with Gasteiger partial charge < -0.3 is 5.32 Å². The fourth-order valence-corrected chi connectivity index (χ4v) is 1.95. The van der Waals surface area contributed by atoms with Gasteiger partial charge in [0.1, 0.15) is 0 Å². The van der Waals surface area contributed by atoms with E-state index >= 15 is 0 Å². The Labute approximate surface area is 106 Å². The van der Waals surface area contributed by atoms with Crippen molar-refractivity contribution in [3.8, 4) is 6.07 Å². The average molecular weight is 238 g/mol.